The number of hydrogen-bond acceptors (Lipinski definition) is 4. The fourth-order valence-corrected chi connectivity index (χ4v) is 2.60. The number of urea groups is 1. The highest BCUT2D eigenvalue weighted by atomic mass is 19.1. The van der Waals surface area contributed by atoms with Crippen LogP contribution in [0.1, 0.15) is 19.3 Å². The zero-order valence-corrected chi connectivity index (χ0v) is 13.5. The quantitative estimate of drug-likeness (QED) is 0.795. The summed E-state index contributed by atoms with van der Waals surface area (Å²) in [5, 5.41) is 15.7. The highest BCUT2D eigenvalue weighted by Gasteiger charge is 2.22. The highest BCUT2D eigenvalue weighted by Crippen LogP contribution is 2.20. The first-order valence-electron chi connectivity index (χ1n) is 8.07. The predicted octanol–water partition coefficient (Wildman–Crippen LogP) is 2.07. The van der Waals surface area contributed by atoms with Crippen molar-refractivity contribution in [3.8, 4) is 11.3 Å². The van der Waals surface area contributed by atoms with Gasteiger partial charge in [0.2, 0.25) is 5.91 Å². The van der Waals surface area contributed by atoms with Crippen molar-refractivity contribution in [1.82, 2.24) is 20.8 Å². The Morgan fingerprint density at radius 1 is 1.16 bits per heavy atom. The smallest absolute Gasteiger partial charge is 0.321 e. The van der Waals surface area contributed by atoms with E-state index in [4.69, 9.17) is 0 Å². The van der Waals surface area contributed by atoms with E-state index in [0.717, 1.165) is 12.8 Å². The van der Waals surface area contributed by atoms with Gasteiger partial charge >= 0.3 is 6.03 Å². The molecule has 3 N–H and O–H groups in total. The number of nitrogens with one attached hydrogen (secondary N) is 3. The normalized spacial score (nSPS) is 17.3. The Morgan fingerprint density at radius 3 is 2.76 bits per heavy atom. The van der Waals surface area contributed by atoms with Crippen molar-refractivity contribution in [2.75, 3.05) is 11.9 Å². The van der Waals surface area contributed by atoms with Crippen LogP contribution in [0, 0.1) is 5.82 Å². The number of nitrogens with zero attached hydrogens (tertiary/aromatic N) is 2. The minimum atomic E-state index is -0.562. The van der Waals surface area contributed by atoms with Gasteiger partial charge in [-0.2, -0.15) is 0 Å². The fourth-order valence-electron chi connectivity index (χ4n) is 2.60. The van der Waals surface area contributed by atoms with Crippen LogP contribution in [-0.2, 0) is 4.79 Å². The molecule has 1 aliphatic rings. The van der Waals surface area contributed by atoms with Crippen molar-refractivity contribution in [3.63, 3.8) is 0 Å². The Morgan fingerprint density at radius 2 is 2.00 bits per heavy atom. The second-order valence-electron chi connectivity index (χ2n) is 5.72. The Hall–Kier alpha value is -3.03. The lowest BCUT2D eigenvalue weighted by molar-refractivity contribution is -0.122. The number of carbonyl (C=O) groups excluding carboxylic acids is 2. The molecule has 0 radical (unpaired) electrons. The van der Waals surface area contributed by atoms with E-state index in [1.807, 2.05) is 0 Å². The maximum absolute atomic E-state index is 13.7. The molecule has 0 aliphatic carbocycles. The Kier molecular flexibility index (Phi) is 5.17. The number of rotatable bonds is 3. The van der Waals surface area contributed by atoms with Gasteiger partial charge in [-0.3, -0.25) is 10.1 Å². The molecule has 1 fully saturated rings. The van der Waals surface area contributed by atoms with Crippen LogP contribution in [0.2, 0.25) is 0 Å². The molecule has 0 spiro atoms. The molecular formula is C17H18FN5O2. The van der Waals surface area contributed by atoms with E-state index in [9.17, 15) is 14.0 Å². The first-order valence-corrected chi connectivity index (χ1v) is 8.07. The summed E-state index contributed by atoms with van der Waals surface area (Å²) < 4.78 is 13.7. The van der Waals surface area contributed by atoms with Crippen LogP contribution >= 0.6 is 0 Å². The summed E-state index contributed by atoms with van der Waals surface area (Å²) in [4.78, 5) is 23.8. The fraction of sp³-hybridized carbons (Fsp3) is 0.294. The van der Waals surface area contributed by atoms with E-state index in [-0.39, 0.29) is 11.7 Å². The SMILES string of the molecule is O=C(Nc1ccc(-c2ccccc2F)nn1)NC1CCCCNC1=O. The maximum atomic E-state index is 13.7. The molecule has 3 rings (SSSR count). The van der Waals surface area contributed by atoms with Crippen LogP contribution in [0.3, 0.4) is 0 Å². The van der Waals surface area contributed by atoms with Gasteiger partial charge in [-0.1, -0.05) is 12.1 Å². The lowest BCUT2D eigenvalue weighted by atomic mass is 10.1. The summed E-state index contributed by atoms with van der Waals surface area (Å²) in [6.07, 6.45) is 2.35. The van der Waals surface area contributed by atoms with E-state index >= 15 is 0 Å². The van der Waals surface area contributed by atoms with Crippen molar-refractivity contribution in [3.05, 3.63) is 42.2 Å². The van der Waals surface area contributed by atoms with E-state index in [1.165, 1.54) is 12.1 Å². The number of halogens is 1. The van der Waals surface area contributed by atoms with Crippen molar-refractivity contribution in [2.45, 2.75) is 25.3 Å². The molecule has 25 heavy (non-hydrogen) atoms. The molecule has 1 atom stereocenters. The molecule has 0 saturated carbocycles. The molecule has 1 unspecified atom stereocenters. The Balaban J connectivity index is 1.62. The average molecular weight is 343 g/mol. The zero-order chi connectivity index (χ0) is 17.6. The number of anilines is 1. The van der Waals surface area contributed by atoms with Gasteiger partial charge in [-0.15, -0.1) is 10.2 Å². The van der Waals surface area contributed by atoms with Crippen LogP contribution in [0.5, 0.6) is 0 Å². The largest absolute Gasteiger partial charge is 0.354 e. The molecule has 2 heterocycles. The summed E-state index contributed by atoms with van der Waals surface area (Å²) in [6.45, 7) is 0.627. The summed E-state index contributed by atoms with van der Waals surface area (Å²) in [5.41, 5.74) is 0.702. The minimum absolute atomic E-state index is 0.186. The summed E-state index contributed by atoms with van der Waals surface area (Å²) in [5.74, 6) is -0.366. The van der Waals surface area contributed by atoms with Gasteiger partial charge in [-0.25, -0.2) is 9.18 Å². The standard InChI is InChI=1S/C17H18FN5O2/c18-12-6-2-1-5-11(12)13-8-9-15(23-22-13)21-17(25)20-14-7-3-4-10-19-16(14)24/h1-2,5-6,8-9,14H,3-4,7,10H2,(H,19,24)(H2,20,21,23,25). The van der Waals surface area contributed by atoms with Crippen LogP contribution in [0.4, 0.5) is 15.0 Å². The molecule has 1 saturated heterocycles. The van der Waals surface area contributed by atoms with E-state index in [2.05, 4.69) is 26.1 Å². The number of benzene rings is 1. The van der Waals surface area contributed by atoms with Gasteiger partial charge in [0.05, 0.1) is 5.69 Å². The third-order valence-corrected chi connectivity index (χ3v) is 3.90. The van der Waals surface area contributed by atoms with Crippen molar-refractivity contribution in [1.29, 1.82) is 0 Å². The summed E-state index contributed by atoms with van der Waals surface area (Å²) in [7, 11) is 0. The molecule has 1 aliphatic heterocycles. The first-order chi connectivity index (χ1) is 12.1. The van der Waals surface area contributed by atoms with Gasteiger partial charge in [-0.05, 0) is 43.5 Å². The third-order valence-electron chi connectivity index (χ3n) is 3.90. The summed E-state index contributed by atoms with van der Waals surface area (Å²) in [6, 6.07) is 8.25. The number of carbonyl (C=O) groups is 2. The molecule has 7 nitrogen and oxygen atoms in total. The molecule has 130 valence electrons. The highest BCUT2D eigenvalue weighted by molar-refractivity contribution is 5.93. The third kappa shape index (κ3) is 4.28. The van der Waals surface area contributed by atoms with Crippen LogP contribution in [0.15, 0.2) is 36.4 Å². The second-order valence-corrected chi connectivity index (χ2v) is 5.72. The molecule has 2 aromatic rings. The molecule has 3 amide bonds. The topological polar surface area (TPSA) is 96.0 Å². The van der Waals surface area contributed by atoms with Crippen molar-refractivity contribution >= 4 is 17.8 Å². The monoisotopic (exact) mass is 343 g/mol. The van der Waals surface area contributed by atoms with Crippen LogP contribution in [0.25, 0.3) is 11.3 Å². The van der Waals surface area contributed by atoms with Crippen LogP contribution in [-0.4, -0.2) is 34.7 Å². The average Bonchev–Trinajstić information content (AvgIpc) is 2.81. The summed E-state index contributed by atoms with van der Waals surface area (Å²) >= 11 is 0. The van der Waals surface area contributed by atoms with Gasteiger partial charge in [0.1, 0.15) is 11.9 Å². The molecule has 1 aromatic heterocycles. The van der Waals surface area contributed by atoms with E-state index in [1.54, 1.807) is 24.3 Å². The predicted molar refractivity (Wildman–Crippen MR) is 90.2 cm³/mol. The van der Waals surface area contributed by atoms with E-state index < -0.39 is 17.9 Å². The van der Waals surface area contributed by atoms with Crippen molar-refractivity contribution < 1.29 is 14.0 Å². The molecule has 0 bridgehead atoms. The first kappa shape index (κ1) is 16.8. The lowest BCUT2D eigenvalue weighted by Gasteiger charge is -2.15. The van der Waals surface area contributed by atoms with Gasteiger partial charge in [0.15, 0.2) is 5.82 Å². The van der Waals surface area contributed by atoms with Gasteiger partial charge in [0, 0.05) is 12.1 Å². The zero-order valence-electron chi connectivity index (χ0n) is 13.5. The van der Waals surface area contributed by atoms with Gasteiger partial charge < -0.3 is 10.6 Å². The molecule has 1 aromatic carbocycles. The Bertz CT molecular complexity index is 766. The van der Waals surface area contributed by atoms with Gasteiger partial charge in [0.25, 0.3) is 0 Å². The Labute approximate surface area is 144 Å². The lowest BCUT2D eigenvalue weighted by Crippen LogP contribution is -2.47. The molecule has 8 heteroatoms. The number of hydrogen-bond donors (Lipinski definition) is 3. The molecular weight excluding hydrogens is 325 g/mol. The number of aromatic nitrogens is 2. The van der Waals surface area contributed by atoms with Crippen LogP contribution < -0.4 is 16.0 Å². The minimum Gasteiger partial charge on any atom is -0.354 e. The van der Waals surface area contributed by atoms with Crippen molar-refractivity contribution in [2.24, 2.45) is 0 Å². The number of amides is 3. The second kappa shape index (κ2) is 7.69. The maximum Gasteiger partial charge on any atom is 0.321 e. The van der Waals surface area contributed by atoms with E-state index in [0.29, 0.717) is 24.2 Å².